The lowest BCUT2D eigenvalue weighted by atomic mass is 10.00. The molecule has 1 aromatic heterocycles. The van der Waals surface area contributed by atoms with Crippen LogP contribution >= 0.6 is 11.3 Å². The fourth-order valence-electron chi connectivity index (χ4n) is 5.54. The van der Waals surface area contributed by atoms with E-state index in [-0.39, 0.29) is 18.1 Å². The van der Waals surface area contributed by atoms with E-state index in [1.807, 2.05) is 58.7 Å². The van der Waals surface area contributed by atoms with Gasteiger partial charge in [-0.25, -0.2) is 4.98 Å². The quantitative estimate of drug-likeness (QED) is 0.291. The Morgan fingerprint density at radius 2 is 1.81 bits per heavy atom. The second-order valence-corrected chi connectivity index (χ2v) is 12.7. The van der Waals surface area contributed by atoms with E-state index >= 15 is 0 Å². The number of piperidine rings is 1. The van der Waals surface area contributed by atoms with Gasteiger partial charge in [0, 0.05) is 30.9 Å². The molecule has 2 heterocycles. The van der Waals surface area contributed by atoms with Crippen LogP contribution in [0.15, 0.2) is 42.6 Å². The van der Waals surface area contributed by atoms with Gasteiger partial charge in [0.25, 0.3) is 0 Å². The van der Waals surface area contributed by atoms with Crippen LogP contribution in [0, 0.1) is 12.8 Å². The van der Waals surface area contributed by atoms with Crippen molar-refractivity contribution in [2.24, 2.45) is 5.92 Å². The van der Waals surface area contributed by atoms with E-state index in [1.54, 1.807) is 11.3 Å². The predicted molar refractivity (Wildman–Crippen MR) is 184 cm³/mol. The van der Waals surface area contributed by atoms with E-state index in [4.69, 9.17) is 9.72 Å². The molecule has 3 aliphatic rings. The van der Waals surface area contributed by atoms with Gasteiger partial charge >= 0.3 is 0 Å². The second kappa shape index (κ2) is 17.6. The third-order valence-corrected chi connectivity index (χ3v) is 8.77. The summed E-state index contributed by atoms with van der Waals surface area (Å²) in [5, 5.41) is 4.59. The zero-order valence-corrected chi connectivity index (χ0v) is 28.8. The highest BCUT2D eigenvalue weighted by Crippen LogP contribution is 2.41. The van der Waals surface area contributed by atoms with Gasteiger partial charge in [0.05, 0.1) is 17.5 Å². The van der Waals surface area contributed by atoms with Crippen LogP contribution in [0.1, 0.15) is 110 Å². The zero-order chi connectivity index (χ0) is 31.4. The summed E-state index contributed by atoms with van der Waals surface area (Å²) in [6, 6.07) is 13.1. The Morgan fingerprint density at radius 1 is 1.07 bits per heavy atom. The number of thiazole rings is 1. The van der Waals surface area contributed by atoms with Gasteiger partial charge in [-0.3, -0.25) is 4.79 Å². The number of hydrogen-bond acceptors (Lipinski definition) is 5. The lowest BCUT2D eigenvalue weighted by molar-refractivity contribution is -0.132. The Hall–Kier alpha value is -2.70. The molecule has 1 saturated carbocycles. The van der Waals surface area contributed by atoms with E-state index in [0.29, 0.717) is 12.5 Å². The third-order valence-electron chi connectivity index (χ3n) is 7.69. The van der Waals surface area contributed by atoms with Gasteiger partial charge in [-0.05, 0) is 92.8 Å². The monoisotopic (exact) mass is 605 g/mol. The molecule has 1 N–H and O–H groups in total. The number of ether oxygens (including phenoxy) is 1. The maximum absolute atomic E-state index is 12.8. The average molecular weight is 606 g/mol. The van der Waals surface area contributed by atoms with Gasteiger partial charge in [-0.1, -0.05) is 72.1 Å². The molecule has 0 radical (unpaired) electrons. The minimum absolute atomic E-state index is 0.158. The smallest absolute Gasteiger partial charge is 0.236 e. The van der Waals surface area contributed by atoms with Crippen molar-refractivity contribution in [3.8, 4) is 26.8 Å². The van der Waals surface area contributed by atoms with E-state index in [9.17, 15) is 4.79 Å². The summed E-state index contributed by atoms with van der Waals surface area (Å²) < 4.78 is 5.90. The Morgan fingerprint density at radius 3 is 2.47 bits per heavy atom. The molecule has 2 aliphatic carbocycles. The highest BCUT2D eigenvalue weighted by molar-refractivity contribution is 7.18. The van der Waals surface area contributed by atoms with Crippen LogP contribution in [-0.4, -0.2) is 41.5 Å². The normalized spacial score (nSPS) is 18.3. The summed E-state index contributed by atoms with van der Waals surface area (Å²) in [5.41, 5.74) is 6.24. The lowest BCUT2D eigenvalue weighted by Crippen LogP contribution is -2.43. The summed E-state index contributed by atoms with van der Waals surface area (Å²) in [7, 11) is 0. The number of nitrogens with one attached hydrogen (secondary N) is 1. The first kappa shape index (κ1) is 34.8. The highest BCUT2D eigenvalue weighted by atomic mass is 32.1. The molecule has 6 heteroatoms. The summed E-state index contributed by atoms with van der Waals surface area (Å²) in [4.78, 5) is 20.8. The van der Waals surface area contributed by atoms with Crippen LogP contribution in [0.5, 0.6) is 5.75 Å². The topological polar surface area (TPSA) is 54.5 Å². The minimum Gasteiger partial charge on any atom is -0.491 e. The van der Waals surface area contributed by atoms with Crippen molar-refractivity contribution >= 4 is 17.2 Å². The molecule has 0 bridgehead atoms. The highest BCUT2D eigenvalue weighted by Gasteiger charge is 2.27. The fourth-order valence-corrected chi connectivity index (χ4v) is 6.50. The number of amides is 1. The number of aryl methyl sites for hydroxylation is 1. The number of benzene rings is 2. The second-order valence-electron chi connectivity index (χ2n) is 11.7. The molecule has 43 heavy (non-hydrogen) atoms. The Labute approximate surface area is 265 Å². The third kappa shape index (κ3) is 9.90. The molecule has 1 amide bonds. The van der Waals surface area contributed by atoms with Crippen molar-refractivity contribution in [1.82, 2.24) is 15.2 Å². The number of hydrogen-bond donors (Lipinski definition) is 1. The van der Waals surface area contributed by atoms with Gasteiger partial charge in [-0.15, -0.1) is 11.3 Å². The molecule has 1 saturated heterocycles. The van der Waals surface area contributed by atoms with E-state index in [0.717, 1.165) is 54.2 Å². The summed E-state index contributed by atoms with van der Waals surface area (Å²) in [5.74, 6) is 1.77. The molecule has 2 fully saturated rings. The Bertz CT molecular complexity index is 1280. The van der Waals surface area contributed by atoms with Gasteiger partial charge in [0.2, 0.25) is 5.91 Å². The van der Waals surface area contributed by atoms with Crippen molar-refractivity contribution in [3.05, 3.63) is 59.3 Å². The first-order valence-electron chi connectivity index (χ1n) is 16.8. The number of aromatic nitrogens is 1. The minimum atomic E-state index is 0.158. The van der Waals surface area contributed by atoms with Gasteiger partial charge < -0.3 is 15.0 Å². The number of carbonyl (C=O) groups excluding carboxylic acids is 1. The van der Waals surface area contributed by atoms with E-state index in [1.165, 1.54) is 47.3 Å². The molecular weight excluding hydrogens is 550 g/mol. The zero-order valence-electron chi connectivity index (χ0n) is 28.0. The number of likely N-dealkylation sites (tertiary alicyclic amines) is 1. The number of nitrogens with zero attached hydrogens (tertiary/aromatic N) is 2. The van der Waals surface area contributed by atoms with Crippen LogP contribution in [0.3, 0.4) is 0 Å². The van der Waals surface area contributed by atoms with Crippen molar-refractivity contribution < 1.29 is 9.53 Å². The summed E-state index contributed by atoms with van der Waals surface area (Å²) in [6.45, 7) is 18.6. The average Bonchev–Trinajstić information content (AvgIpc) is 3.73. The summed E-state index contributed by atoms with van der Waals surface area (Å²) in [6.07, 6.45) is 11.1. The van der Waals surface area contributed by atoms with Crippen molar-refractivity contribution in [3.63, 3.8) is 0 Å². The molecule has 2 unspecified atom stereocenters. The van der Waals surface area contributed by atoms with Gasteiger partial charge in [0.15, 0.2) is 0 Å². The maximum Gasteiger partial charge on any atom is 0.236 e. The van der Waals surface area contributed by atoms with Crippen molar-refractivity contribution in [2.45, 2.75) is 112 Å². The number of rotatable bonds is 7. The van der Waals surface area contributed by atoms with Gasteiger partial charge in [0.1, 0.15) is 10.8 Å². The number of fused-ring (bicyclic) bond motifs is 1. The molecule has 5 nitrogen and oxygen atoms in total. The molecule has 6 rings (SSSR count). The fraction of sp³-hybridized carbons (Fsp3) is 0.568. The largest absolute Gasteiger partial charge is 0.491 e. The predicted octanol–water partition coefficient (Wildman–Crippen LogP) is 9.63. The maximum atomic E-state index is 12.8. The molecule has 2 aromatic carbocycles. The van der Waals surface area contributed by atoms with Crippen LogP contribution in [0.4, 0.5) is 0 Å². The van der Waals surface area contributed by atoms with Gasteiger partial charge in [-0.2, -0.15) is 0 Å². The first-order chi connectivity index (χ1) is 20.9. The van der Waals surface area contributed by atoms with E-state index in [2.05, 4.69) is 49.5 Å². The number of carbonyl (C=O) groups is 1. The molecule has 0 spiro atoms. The molecule has 3 aromatic rings. The van der Waals surface area contributed by atoms with E-state index < -0.39 is 0 Å². The van der Waals surface area contributed by atoms with Crippen LogP contribution in [0.2, 0.25) is 0 Å². The van der Waals surface area contributed by atoms with Crippen LogP contribution in [0.25, 0.3) is 21.0 Å². The van der Waals surface area contributed by atoms with Crippen LogP contribution < -0.4 is 10.1 Å². The molecule has 2 atom stereocenters. The SMILES string of the molecule is C1CC1.CC.CC.Cc1cc(-c2ncc(-c3cccc4c3CCC4NCC(=O)N3CCCC(C)C3)s2)ccc1OC(C)C. The van der Waals surface area contributed by atoms with Crippen molar-refractivity contribution in [2.75, 3.05) is 19.6 Å². The lowest BCUT2D eigenvalue weighted by Gasteiger charge is -2.31. The Kier molecular flexibility index (Phi) is 14.2. The summed E-state index contributed by atoms with van der Waals surface area (Å²) >= 11 is 1.74. The molecule has 1 aliphatic heterocycles. The first-order valence-corrected chi connectivity index (χ1v) is 17.6. The molecular formula is C37H55N3O2S. The van der Waals surface area contributed by atoms with Crippen molar-refractivity contribution in [1.29, 1.82) is 0 Å². The van der Waals surface area contributed by atoms with Crippen LogP contribution in [-0.2, 0) is 11.2 Å². The Balaban J connectivity index is 0.000000657. The standard InChI is InChI=1S/C30H37N3O2S.C3H6.2C2H6/c1-19(2)35-27-13-10-22(15-21(27)4)30-32-16-28(36-30)25-9-5-8-24-23(25)11-12-26(24)31-17-29(34)33-14-6-7-20(3)18-33;1-2-3-1;2*1-2/h5,8-10,13,15-16,19-20,26,31H,6-7,11-12,14,17-18H2,1-4H3;1-3H2;2*1-2H3. The molecule has 236 valence electrons.